The summed E-state index contributed by atoms with van der Waals surface area (Å²) in [6.45, 7) is 4.08. The molecule has 0 bridgehead atoms. The number of hydrogen-bond donors (Lipinski definition) is 0. The SMILES string of the molecule is C=CCN1C(=NC(=O)CC#N)S[C@H]2CS(=O)(=O)C[C@@H]21. The molecule has 2 saturated heterocycles. The zero-order valence-electron chi connectivity index (χ0n) is 10.2. The van der Waals surface area contributed by atoms with Gasteiger partial charge in [0.25, 0.3) is 5.91 Å². The molecule has 19 heavy (non-hydrogen) atoms. The number of amides is 1. The van der Waals surface area contributed by atoms with E-state index in [9.17, 15) is 13.2 Å². The van der Waals surface area contributed by atoms with E-state index in [4.69, 9.17) is 5.26 Å². The number of carbonyl (C=O) groups is 1. The highest BCUT2D eigenvalue weighted by Crippen LogP contribution is 2.37. The van der Waals surface area contributed by atoms with Gasteiger partial charge in [-0.1, -0.05) is 17.8 Å². The number of sulfone groups is 1. The topological polar surface area (TPSA) is 90.6 Å². The second-order valence-corrected chi connectivity index (χ2v) is 7.72. The minimum absolute atomic E-state index is 0.0846. The van der Waals surface area contributed by atoms with Crippen molar-refractivity contribution >= 4 is 32.7 Å². The van der Waals surface area contributed by atoms with E-state index in [1.165, 1.54) is 11.8 Å². The molecule has 0 aromatic carbocycles. The molecule has 2 aliphatic rings. The van der Waals surface area contributed by atoms with Crippen LogP contribution in [0.25, 0.3) is 0 Å². The Bertz CT molecular complexity index is 576. The smallest absolute Gasteiger partial charge is 0.262 e. The van der Waals surface area contributed by atoms with Gasteiger partial charge >= 0.3 is 0 Å². The number of fused-ring (bicyclic) bond motifs is 1. The predicted octanol–water partition coefficient (Wildman–Crippen LogP) is 0.183. The Kier molecular flexibility index (Phi) is 3.96. The Balaban J connectivity index is 2.22. The highest BCUT2D eigenvalue weighted by molar-refractivity contribution is 8.15. The maximum absolute atomic E-state index is 11.6. The molecule has 0 aliphatic carbocycles. The summed E-state index contributed by atoms with van der Waals surface area (Å²) >= 11 is 1.30. The van der Waals surface area contributed by atoms with Gasteiger partial charge < -0.3 is 4.90 Å². The number of nitrogens with zero attached hydrogens (tertiary/aromatic N) is 3. The van der Waals surface area contributed by atoms with Gasteiger partial charge in [-0.15, -0.1) is 6.58 Å². The fourth-order valence-corrected chi connectivity index (χ4v) is 6.18. The third-order valence-corrected chi connectivity index (χ3v) is 6.20. The van der Waals surface area contributed by atoms with Crippen LogP contribution in [0.5, 0.6) is 0 Å². The van der Waals surface area contributed by atoms with Crippen molar-refractivity contribution in [2.45, 2.75) is 17.7 Å². The van der Waals surface area contributed by atoms with E-state index >= 15 is 0 Å². The van der Waals surface area contributed by atoms with Crippen LogP contribution in [0.1, 0.15) is 6.42 Å². The molecule has 8 heteroatoms. The highest BCUT2D eigenvalue weighted by Gasteiger charge is 2.48. The largest absolute Gasteiger partial charge is 0.342 e. The lowest BCUT2D eigenvalue weighted by atomic mass is 10.2. The van der Waals surface area contributed by atoms with E-state index in [2.05, 4.69) is 11.6 Å². The Morgan fingerprint density at radius 3 is 3.00 bits per heavy atom. The molecule has 2 rings (SSSR count). The molecule has 0 radical (unpaired) electrons. The zero-order valence-corrected chi connectivity index (χ0v) is 11.8. The summed E-state index contributed by atoms with van der Waals surface area (Å²) in [4.78, 5) is 17.1. The lowest BCUT2D eigenvalue weighted by molar-refractivity contribution is -0.116. The van der Waals surface area contributed by atoms with Crippen LogP contribution in [-0.4, -0.2) is 53.7 Å². The van der Waals surface area contributed by atoms with Crippen LogP contribution in [0.2, 0.25) is 0 Å². The van der Waals surface area contributed by atoms with E-state index in [-0.39, 0.29) is 29.2 Å². The Morgan fingerprint density at radius 1 is 1.63 bits per heavy atom. The maximum Gasteiger partial charge on any atom is 0.262 e. The van der Waals surface area contributed by atoms with Gasteiger partial charge in [0.05, 0.1) is 23.6 Å². The Morgan fingerprint density at radius 2 is 2.37 bits per heavy atom. The highest BCUT2D eigenvalue weighted by atomic mass is 32.2. The summed E-state index contributed by atoms with van der Waals surface area (Å²) in [5.74, 6) is -0.298. The summed E-state index contributed by atoms with van der Waals surface area (Å²) in [5, 5.41) is 8.87. The molecule has 1 amide bonds. The van der Waals surface area contributed by atoms with Crippen LogP contribution in [0, 0.1) is 11.3 Å². The average Bonchev–Trinajstić information content (AvgIpc) is 2.74. The minimum Gasteiger partial charge on any atom is -0.342 e. The number of thioether (sulfide) groups is 1. The molecule has 2 atom stereocenters. The molecular formula is C11H13N3O3S2. The van der Waals surface area contributed by atoms with Gasteiger partial charge in [-0.05, 0) is 0 Å². The van der Waals surface area contributed by atoms with Crippen molar-refractivity contribution in [2.75, 3.05) is 18.1 Å². The molecule has 0 unspecified atom stereocenters. The molecular weight excluding hydrogens is 286 g/mol. The second-order valence-electron chi connectivity index (χ2n) is 4.36. The van der Waals surface area contributed by atoms with Gasteiger partial charge in [0.2, 0.25) is 0 Å². The Labute approximate surface area is 116 Å². The molecule has 0 N–H and O–H groups in total. The summed E-state index contributed by atoms with van der Waals surface area (Å²) < 4.78 is 23.2. The normalized spacial score (nSPS) is 30.1. The van der Waals surface area contributed by atoms with Crippen molar-refractivity contribution in [3.63, 3.8) is 0 Å². The molecule has 2 heterocycles. The summed E-state index contributed by atoms with van der Waals surface area (Å²) in [5.41, 5.74) is 0. The first-order valence-electron chi connectivity index (χ1n) is 5.70. The van der Waals surface area contributed by atoms with E-state index < -0.39 is 15.7 Å². The number of carbonyl (C=O) groups excluding carboxylic acids is 1. The van der Waals surface area contributed by atoms with Crippen LogP contribution in [0.15, 0.2) is 17.6 Å². The molecule has 2 fully saturated rings. The monoisotopic (exact) mass is 299 g/mol. The zero-order chi connectivity index (χ0) is 14.0. The van der Waals surface area contributed by atoms with Gasteiger partial charge in [0.15, 0.2) is 15.0 Å². The fraction of sp³-hybridized carbons (Fsp3) is 0.545. The van der Waals surface area contributed by atoms with E-state index in [0.29, 0.717) is 11.7 Å². The average molecular weight is 299 g/mol. The third kappa shape index (κ3) is 2.98. The Hall–Kier alpha value is -1.33. The van der Waals surface area contributed by atoms with Gasteiger partial charge in [-0.2, -0.15) is 10.3 Å². The minimum atomic E-state index is -3.01. The van der Waals surface area contributed by atoms with Crippen molar-refractivity contribution in [1.82, 2.24) is 4.90 Å². The summed E-state index contributed by atoms with van der Waals surface area (Å²) in [6, 6.07) is 1.60. The van der Waals surface area contributed by atoms with Crippen molar-refractivity contribution in [1.29, 1.82) is 5.26 Å². The van der Waals surface area contributed by atoms with Crippen LogP contribution in [0.4, 0.5) is 0 Å². The van der Waals surface area contributed by atoms with Crippen molar-refractivity contribution < 1.29 is 13.2 Å². The standard InChI is InChI=1S/C11H13N3O3S2/c1-2-5-14-8-6-19(16,17)7-9(8)18-11(14)13-10(15)3-4-12/h2,8-9H,1,3,5-7H2/t8-,9-/m0/s1. The molecule has 6 nitrogen and oxygen atoms in total. The number of amidine groups is 1. The third-order valence-electron chi connectivity index (χ3n) is 2.95. The van der Waals surface area contributed by atoms with Crippen molar-refractivity contribution in [3.8, 4) is 6.07 Å². The van der Waals surface area contributed by atoms with Gasteiger partial charge in [0.1, 0.15) is 6.42 Å². The second kappa shape index (κ2) is 5.35. The van der Waals surface area contributed by atoms with Crippen LogP contribution < -0.4 is 0 Å². The van der Waals surface area contributed by atoms with E-state index in [1.54, 1.807) is 17.0 Å². The predicted molar refractivity (Wildman–Crippen MR) is 73.4 cm³/mol. The fourth-order valence-electron chi connectivity index (χ4n) is 2.20. The first kappa shape index (κ1) is 14.1. The lowest BCUT2D eigenvalue weighted by Gasteiger charge is -2.22. The molecule has 0 aromatic rings. The van der Waals surface area contributed by atoms with Gasteiger partial charge in [-0.25, -0.2) is 8.42 Å². The number of hydrogen-bond acceptors (Lipinski definition) is 5. The molecule has 0 aromatic heterocycles. The summed E-state index contributed by atoms with van der Waals surface area (Å²) in [6.07, 6.45) is 1.39. The van der Waals surface area contributed by atoms with Crippen molar-refractivity contribution in [2.24, 2.45) is 4.99 Å². The van der Waals surface area contributed by atoms with E-state index in [0.717, 1.165) is 0 Å². The van der Waals surface area contributed by atoms with Crippen LogP contribution >= 0.6 is 11.8 Å². The molecule has 2 aliphatic heterocycles. The number of rotatable bonds is 3. The van der Waals surface area contributed by atoms with Gasteiger partial charge in [-0.3, -0.25) is 4.79 Å². The van der Waals surface area contributed by atoms with Crippen molar-refractivity contribution in [3.05, 3.63) is 12.7 Å². The molecule has 102 valence electrons. The first-order chi connectivity index (χ1) is 8.96. The van der Waals surface area contributed by atoms with E-state index in [1.807, 2.05) is 0 Å². The quantitative estimate of drug-likeness (QED) is 0.691. The first-order valence-corrected chi connectivity index (χ1v) is 8.40. The van der Waals surface area contributed by atoms with Crippen LogP contribution in [-0.2, 0) is 14.6 Å². The van der Waals surface area contributed by atoms with Gasteiger partial charge in [0, 0.05) is 11.8 Å². The lowest BCUT2D eigenvalue weighted by Crippen LogP contribution is -2.37. The molecule has 0 spiro atoms. The van der Waals surface area contributed by atoms with Crippen LogP contribution in [0.3, 0.4) is 0 Å². The molecule has 0 saturated carbocycles. The summed E-state index contributed by atoms with van der Waals surface area (Å²) in [7, 11) is -3.01. The number of nitriles is 1. The number of aliphatic imine (C=N–C) groups is 1. The maximum atomic E-state index is 11.6.